The van der Waals surface area contributed by atoms with Gasteiger partial charge in [-0.3, -0.25) is 20.4 Å². The van der Waals surface area contributed by atoms with E-state index >= 15 is 0 Å². The predicted molar refractivity (Wildman–Crippen MR) is 94.3 cm³/mol. The van der Waals surface area contributed by atoms with Gasteiger partial charge in [0.15, 0.2) is 0 Å². The lowest BCUT2D eigenvalue weighted by Gasteiger charge is -2.43. The number of anilines is 1. The van der Waals surface area contributed by atoms with Gasteiger partial charge in [-0.1, -0.05) is 23.7 Å². The molecule has 0 atom stereocenters. The molecule has 0 unspecified atom stereocenters. The second kappa shape index (κ2) is 7.63. The Morgan fingerprint density at radius 3 is 2.14 bits per heavy atom. The van der Waals surface area contributed by atoms with Gasteiger partial charge in [-0.2, -0.15) is 13.2 Å². The fourth-order valence-corrected chi connectivity index (χ4v) is 2.89. The Kier molecular flexibility index (Phi) is 5.41. The molecule has 0 saturated heterocycles. The van der Waals surface area contributed by atoms with E-state index in [-0.39, 0.29) is 17.1 Å². The first-order valence-corrected chi connectivity index (χ1v) is 8.61. The van der Waals surface area contributed by atoms with E-state index in [0.717, 1.165) is 37.2 Å². The number of carbonyl (C=O) groups excluding carboxylic acids is 2. The number of nitrogens with one attached hydrogen (secondary N) is 3. The summed E-state index contributed by atoms with van der Waals surface area (Å²) in [5, 5.41) is 3.88. The van der Waals surface area contributed by atoms with Crippen molar-refractivity contribution in [2.45, 2.75) is 31.0 Å². The Hall–Kier alpha value is -2.88. The highest BCUT2D eigenvalue weighted by atomic mass is 35.5. The quantitative estimate of drug-likeness (QED) is 0.670. The van der Waals surface area contributed by atoms with Gasteiger partial charge in [0.1, 0.15) is 0 Å². The second-order valence-electron chi connectivity index (χ2n) is 6.27. The molecular formula is C17H15ClF3N5O2. The Bertz CT molecular complexity index is 868. The Balaban J connectivity index is 1.65. The van der Waals surface area contributed by atoms with Crippen LogP contribution in [0.25, 0.3) is 0 Å². The molecular weight excluding hydrogens is 399 g/mol. The van der Waals surface area contributed by atoms with Crippen molar-refractivity contribution in [1.82, 2.24) is 20.8 Å². The smallest absolute Gasteiger partial charge is 0.345 e. The summed E-state index contributed by atoms with van der Waals surface area (Å²) in [6.45, 7) is 0. The van der Waals surface area contributed by atoms with E-state index in [1.807, 2.05) is 12.1 Å². The molecule has 1 aliphatic rings. The number of hydrazine groups is 1. The molecule has 7 nitrogen and oxygen atoms in total. The highest BCUT2D eigenvalue weighted by Crippen LogP contribution is 2.43. The van der Waals surface area contributed by atoms with Gasteiger partial charge in [0, 0.05) is 17.4 Å². The van der Waals surface area contributed by atoms with Crippen LogP contribution in [0.2, 0.25) is 5.02 Å². The summed E-state index contributed by atoms with van der Waals surface area (Å²) in [5.74, 6) is -2.99. The highest BCUT2D eigenvalue weighted by molar-refractivity contribution is 6.30. The first-order chi connectivity index (χ1) is 13.2. The number of carbonyl (C=O) groups is 2. The first kappa shape index (κ1) is 19.9. The van der Waals surface area contributed by atoms with Gasteiger partial charge in [0.2, 0.25) is 5.95 Å². The van der Waals surface area contributed by atoms with E-state index in [9.17, 15) is 22.8 Å². The molecule has 0 bridgehead atoms. The van der Waals surface area contributed by atoms with E-state index in [4.69, 9.17) is 11.6 Å². The van der Waals surface area contributed by atoms with Gasteiger partial charge < -0.3 is 5.32 Å². The van der Waals surface area contributed by atoms with Crippen LogP contribution in [0.4, 0.5) is 19.1 Å². The molecule has 0 aliphatic heterocycles. The molecule has 1 fully saturated rings. The molecule has 11 heteroatoms. The molecule has 0 spiro atoms. The van der Waals surface area contributed by atoms with E-state index in [1.54, 1.807) is 17.6 Å². The third kappa shape index (κ3) is 4.33. The molecule has 1 aromatic heterocycles. The van der Waals surface area contributed by atoms with Crippen LogP contribution in [0, 0.1) is 0 Å². The summed E-state index contributed by atoms with van der Waals surface area (Å²) >= 11 is 5.93. The van der Waals surface area contributed by atoms with Crippen LogP contribution in [-0.2, 0) is 10.3 Å². The minimum atomic E-state index is -5.10. The molecule has 148 valence electrons. The zero-order valence-corrected chi connectivity index (χ0v) is 15.1. The van der Waals surface area contributed by atoms with E-state index in [1.165, 1.54) is 5.43 Å². The number of hydrogen-bond acceptors (Lipinski definition) is 5. The van der Waals surface area contributed by atoms with Crippen molar-refractivity contribution in [1.29, 1.82) is 0 Å². The normalized spacial score (nSPS) is 15.3. The third-order valence-corrected chi connectivity index (χ3v) is 4.67. The molecule has 1 aromatic carbocycles. The lowest BCUT2D eigenvalue weighted by atomic mass is 9.72. The molecule has 0 radical (unpaired) electrons. The monoisotopic (exact) mass is 413 g/mol. The number of hydrogen-bond donors (Lipinski definition) is 3. The molecule has 2 amide bonds. The summed E-state index contributed by atoms with van der Waals surface area (Å²) in [6, 6.07) is 7.42. The summed E-state index contributed by atoms with van der Waals surface area (Å²) in [5.41, 5.74) is 3.51. The number of halogens is 4. The van der Waals surface area contributed by atoms with Crippen molar-refractivity contribution >= 4 is 29.4 Å². The van der Waals surface area contributed by atoms with Gasteiger partial charge in [0.25, 0.3) is 5.91 Å². The van der Waals surface area contributed by atoms with Crippen molar-refractivity contribution in [2.75, 3.05) is 5.32 Å². The summed E-state index contributed by atoms with van der Waals surface area (Å²) < 4.78 is 36.3. The maximum atomic E-state index is 12.1. The fraction of sp³-hybridized carbons (Fsp3) is 0.294. The zero-order valence-electron chi connectivity index (χ0n) is 14.3. The number of benzene rings is 1. The lowest BCUT2D eigenvalue weighted by Crippen LogP contribution is -2.47. The Morgan fingerprint density at radius 2 is 1.64 bits per heavy atom. The number of aromatic nitrogens is 2. The molecule has 2 aromatic rings. The number of rotatable bonds is 4. The zero-order chi connectivity index (χ0) is 20.4. The summed E-state index contributed by atoms with van der Waals surface area (Å²) in [6.07, 6.45) is -0.0456. The molecule has 1 saturated carbocycles. The minimum absolute atomic E-state index is 0.109. The Labute approximate surface area is 162 Å². The van der Waals surface area contributed by atoms with Crippen molar-refractivity contribution in [3.05, 3.63) is 52.8 Å². The predicted octanol–water partition coefficient (Wildman–Crippen LogP) is 2.94. The molecule has 3 rings (SSSR count). The van der Waals surface area contributed by atoms with Crippen LogP contribution in [0.15, 0.2) is 36.7 Å². The average Bonchev–Trinajstić information content (AvgIpc) is 2.63. The van der Waals surface area contributed by atoms with Crippen molar-refractivity contribution in [2.24, 2.45) is 0 Å². The van der Waals surface area contributed by atoms with Gasteiger partial charge in [-0.25, -0.2) is 9.97 Å². The highest BCUT2D eigenvalue weighted by Gasteiger charge is 2.40. The standard InChI is InChI=1S/C17H15ClF3N5O2/c18-12-4-2-11(3-5-12)16(6-1-7-16)24-15-22-8-10(9-23-15)13(27)25-26-14(28)17(19,20)21/h2-5,8-9H,1,6-7H2,(H,25,27)(H,26,28)(H,22,23,24). The largest absolute Gasteiger partial charge is 0.472 e. The van der Waals surface area contributed by atoms with Crippen LogP contribution in [0.1, 0.15) is 35.2 Å². The fourth-order valence-electron chi connectivity index (χ4n) is 2.77. The third-order valence-electron chi connectivity index (χ3n) is 4.42. The summed E-state index contributed by atoms with van der Waals surface area (Å²) in [4.78, 5) is 30.6. The average molecular weight is 414 g/mol. The maximum absolute atomic E-state index is 12.1. The Morgan fingerprint density at radius 1 is 1.04 bits per heavy atom. The number of amides is 2. The summed E-state index contributed by atoms with van der Waals surface area (Å²) in [7, 11) is 0. The van der Waals surface area contributed by atoms with Crippen molar-refractivity contribution in [3.63, 3.8) is 0 Å². The number of alkyl halides is 3. The first-order valence-electron chi connectivity index (χ1n) is 8.23. The van der Waals surface area contributed by atoms with Crippen LogP contribution < -0.4 is 16.2 Å². The second-order valence-corrected chi connectivity index (χ2v) is 6.71. The topological polar surface area (TPSA) is 96.0 Å². The van der Waals surface area contributed by atoms with Gasteiger partial charge in [0.05, 0.1) is 11.1 Å². The molecule has 1 aliphatic carbocycles. The van der Waals surface area contributed by atoms with Crippen LogP contribution in [0.3, 0.4) is 0 Å². The SMILES string of the molecule is O=C(NNC(=O)C(F)(F)F)c1cnc(NC2(c3ccc(Cl)cc3)CCC2)nc1. The molecule has 3 N–H and O–H groups in total. The van der Waals surface area contributed by atoms with Gasteiger partial charge >= 0.3 is 12.1 Å². The van der Waals surface area contributed by atoms with E-state index < -0.39 is 18.0 Å². The van der Waals surface area contributed by atoms with Gasteiger partial charge in [-0.05, 0) is 37.0 Å². The number of nitrogens with zero attached hydrogens (tertiary/aromatic N) is 2. The van der Waals surface area contributed by atoms with E-state index in [0.29, 0.717) is 5.02 Å². The van der Waals surface area contributed by atoms with Gasteiger partial charge in [-0.15, -0.1) is 0 Å². The van der Waals surface area contributed by atoms with Crippen molar-refractivity contribution < 1.29 is 22.8 Å². The maximum Gasteiger partial charge on any atom is 0.472 e. The minimum Gasteiger partial charge on any atom is -0.345 e. The molecule has 1 heterocycles. The van der Waals surface area contributed by atoms with Crippen LogP contribution in [0.5, 0.6) is 0 Å². The van der Waals surface area contributed by atoms with Crippen molar-refractivity contribution in [3.8, 4) is 0 Å². The van der Waals surface area contributed by atoms with E-state index in [2.05, 4.69) is 15.3 Å². The van der Waals surface area contributed by atoms with Crippen LogP contribution >= 0.6 is 11.6 Å². The lowest BCUT2D eigenvalue weighted by molar-refractivity contribution is -0.174. The molecule has 28 heavy (non-hydrogen) atoms. The van der Waals surface area contributed by atoms with Crippen LogP contribution in [-0.4, -0.2) is 28.0 Å².